The summed E-state index contributed by atoms with van der Waals surface area (Å²) in [6.07, 6.45) is 5.58. The van der Waals surface area contributed by atoms with Gasteiger partial charge >= 0.3 is 0 Å². The number of hydrogen-bond acceptors (Lipinski definition) is 2. The Kier molecular flexibility index (Phi) is 2.74. The van der Waals surface area contributed by atoms with E-state index in [2.05, 4.69) is 11.9 Å². The van der Waals surface area contributed by atoms with Gasteiger partial charge in [0.05, 0.1) is 0 Å². The molecular formula is C12H16N2S. The Hall–Kier alpha value is -0.960. The highest BCUT2D eigenvalue weighted by molar-refractivity contribution is 7.80. The molecule has 80 valence electrons. The zero-order chi connectivity index (χ0) is 11.0. The van der Waals surface area contributed by atoms with Crippen LogP contribution in [0.2, 0.25) is 0 Å². The number of rotatable bonds is 1. The first-order valence-electron chi connectivity index (χ1n) is 5.39. The highest BCUT2D eigenvalue weighted by Gasteiger charge is 2.22. The number of nitrogens with zero attached hydrogens (tertiary/aromatic N) is 1. The maximum absolute atomic E-state index is 5.79. The van der Waals surface area contributed by atoms with Crippen LogP contribution in [0.25, 0.3) is 0 Å². The summed E-state index contributed by atoms with van der Waals surface area (Å²) in [6.45, 7) is 4.23. The average molecular weight is 220 g/mol. The third-order valence-corrected chi connectivity index (χ3v) is 3.42. The number of pyridine rings is 1. The Morgan fingerprint density at radius 1 is 1.60 bits per heavy atom. The van der Waals surface area contributed by atoms with E-state index >= 15 is 0 Å². The van der Waals surface area contributed by atoms with Gasteiger partial charge in [0.15, 0.2) is 0 Å². The van der Waals surface area contributed by atoms with Gasteiger partial charge in [0.1, 0.15) is 4.99 Å². The first-order chi connectivity index (χ1) is 7.11. The van der Waals surface area contributed by atoms with Crippen molar-refractivity contribution in [2.75, 3.05) is 0 Å². The van der Waals surface area contributed by atoms with Crippen LogP contribution in [0.5, 0.6) is 0 Å². The van der Waals surface area contributed by atoms with Crippen LogP contribution in [0.1, 0.15) is 48.1 Å². The Morgan fingerprint density at radius 3 is 3.00 bits per heavy atom. The maximum atomic E-state index is 5.79. The minimum Gasteiger partial charge on any atom is -0.389 e. The van der Waals surface area contributed by atoms with Crippen LogP contribution < -0.4 is 5.73 Å². The van der Waals surface area contributed by atoms with Gasteiger partial charge in [0, 0.05) is 17.5 Å². The van der Waals surface area contributed by atoms with Gasteiger partial charge in [-0.2, -0.15) is 0 Å². The lowest BCUT2D eigenvalue weighted by atomic mass is 9.81. The molecule has 2 rings (SSSR count). The molecule has 0 aromatic carbocycles. The van der Waals surface area contributed by atoms with E-state index in [1.54, 1.807) is 0 Å². The minimum absolute atomic E-state index is 0.491. The Labute approximate surface area is 95.9 Å². The predicted molar refractivity (Wildman–Crippen MR) is 66.2 cm³/mol. The van der Waals surface area contributed by atoms with E-state index in [9.17, 15) is 0 Å². The Morgan fingerprint density at radius 2 is 2.33 bits per heavy atom. The maximum Gasteiger partial charge on any atom is 0.106 e. The van der Waals surface area contributed by atoms with Crippen molar-refractivity contribution in [3.05, 3.63) is 28.6 Å². The third kappa shape index (κ3) is 1.76. The molecule has 0 amide bonds. The van der Waals surface area contributed by atoms with Crippen LogP contribution in [0.15, 0.2) is 6.20 Å². The van der Waals surface area contributed by atoms with Gasteiger partial charge in [-0.3, -0.25) is 4.98 Å². The SMILES string of the molecule is Cc1ncc2c(c1C(N)=S)C(C)CCC2. The molecule has 2 nitrogen and oxygen atoms in total. The molecule has 1 unspecified atom stereocenters. The monoisotopic (exact) mass is 220 g/mol. The molecule has 15 heavy (non-hydrogen) atoms. The number of fused-ring (bicyclic) bond motifs is 1. The second kappa shape index (κ2) is 3.89. The second-order valence-corrected chi connectivity index (χ2v) is 4.75. The predicted octanol–water partition coefficient (Wildman–Crippen LogP) is 2.46. The van der Waals surface area contributed by atoms with Crippen LogP contribution in [0.4, 0.5) is 0 Å². The minimum atomic E-state index is 0.491. The van der Waals surface area contributed by atoms with Crippen molar-refractivity contribution in [2.24, 2.45) is 5.73 Å². The summed E-state index contributed by atoms with van der Waals surface area (Å²) in [6, 6.07) is 0. The van der Waals surface area contributed by atoms with E-state index in [0.717, 1.165) is 17.7 Å². The Balaban J connectivity index is 2.66. The fourth-order valence-electron chi connectivity index (χ4n) is 2.48. The highest BCUT2D eigenvalue weighted by atomic mass is 32.1. The molecule has 0 saturated heterocycles. The molecule has 0 saturated carbocycles. The summed E-state index contributed by atoms with van der Waals surface area (Å²) in [5.41, 5.74) is 10.5. The average Bonchev–Trinajstić information content (AvgIpc) is 2.18. The summed E-state index contributed by atoms with van der Waals surface area (Å²) in [5.74, 6) is 0.562. The lowest BCUT2D eigenvalue weighted by Gasteiger charge is -2.25. The molecular weight excluding hydrogens is 204 g/mol. The molecule has 3 heteroatoms. The standard InChI is InChI=1S/C12H16N2S/c1-7-4-3-5-9-6-14-8(2)11(10(7)9)12(13)15/h6-7H,3-5H2,1-2H3,(H2,13,15). The van der Waals surface area contributed by atoms with Crippen molar-refractivity contribution in [1.29, 1.82) is 0 Å². The smallest absolute Gasteiger partial charge is 0.106 e. The first-order valence-corrected chi connectivity index (χ1v) is 5.80. The van der Waals surface area contributed by atoms with Crippen LogP contribution in [-0.2, 0) is 6.42 Å². The molecule has 0 radical (unpaired) electrons. The molecule has 0 fully saturated rings. The number of nitrogens with two attached hydrogens (primary N) is 1. The molecule has 0 spiro atoms. The van der Waals surface area contributed by atoms with Crippen LogP contribution in [-0.4, -0.2) is 9.97 Å². The van der Waals surface area contributed by atoms with Crippen molar-refractivity contribution in [3.8, 4) is 0 Å². The number of aryl methyl sites for hydroxylation is 2. The third-order valence-electron chi connectivity index (χ3n) is 3.21. The van der Waals surface area contributed by atoms with E-state index in [-0.39, 0.29) is 0 Å². The molecule has 1 aromatic rings. The van der Waals surface area contributed by atoms with Crippen LogP contribution in [0.3, 0.4) is 0 Å². The molecule has 1 heterocycles. The zero-order valence-electron chi connectivity index (χ0n) is 9.21. The van der Waals surface area contributed by atoms with Crippen LogP contribution in [0, 0.1) is 6.92 Å². The van der Waals surface area contributed by atoms with Crippen molar-refractivity contribution in [3.63, 3.8) is 0 Å². The fourth-order valence-corrected chi connectivity index (χ4v) is 2.74. The lowest BCUT2D eigenvalue weighted by molar-refractivity contribution is 0.586. The van der Waals surface area contributed by atoms with Gasteiger partial charge in [0.2, 0.25) is 0 Å². The molecule has 0 aliphatic heterocycles. The van der Waals surface area contributed by atoms with Gasteiger partial charge in [-0.1, -0.05) is 19.1 Å². The van der Waals surface area contributed by atoms with E-state index in [4.69, 9.17) is 18.0 Å². The largest absolute Gasteiger partial charge is 0.389 e. The fraction of sp³-hybridized carbons (Fsp3) is 0.500. The summed E-state index contributed by atoms with van der Waals surface area (Å²) >= 11 is 5.13. The highest BCUT2D eigenvalue weighted by Crippen LogP contribution is 2.34. The second-order valence-electron chi connectivity index (χ2n) is 4.32. The molecule has 1 aliphatic carbocycles. The van der Waals surface area contributed by atoms with E-state index < -0.39 is 0 Å². The summed E-state index contributed by atoms with van der Waals surface area (Å²) < 4.78 is 0. The van der Waals surface area contributed by atoms with Crippen molar-refractivity contribution < 1.29 is 0 Å². The topological polar surface area (TPSA) is 38.9 Å². The first kappa shape index (κ1) is 10.6. The molecule has 2 N–H and O–H groups in total. The van der Waals surface area contributed by atoms with Crippen molar-refractivity contribution >= 4 is 17.2 Å². The van der Waals surface area contributed by atoms with Crippen molar-refractivity contribution in [2.45, 2.75) is 39.0 Å². The van der Waals surface area contributed by atoms with Crippen LogP contribution >= 0.6 is 12.2 Å². The summed E-state index contributed by atoms with van der Waals surface area (Å²) in [5, 5.41) is 0. The van der Waals surface area contributed by atoms with Gasteiger partial charge < -0.3 is 5.73 Å². The van der Waals surface area contributed by atoms with Gasteiger partial charge in [-0.15, -0.1) is 0 Å². The van der Waals surface area contributed by atoms with E-state index in [0.29, 0.717) is 10.9 Å². The van der Waals surface area contributed by atoms with Crippen molar-refractivity contribution in [1.82, 2.24) is 4.98 Å². The van der Waals surface area contributed by atoms with E-state index in [1.165, 1.54) is 24.0 Å². The number of aromatic nitrogens is 1. The summed E-state index contributed by atoms with van der Waals surface area (Å²) in [7, 11) is 0. The quantitative estimate of drug-likeness (QED) is 0.739. The Bertz CT molecular complexity index is 412. The van der Waals surface area contributed by atoms with Gasteiger partial charge in [-0.25, -0.2) is 0 Å². The number of thiocarbonyl (C=S) groups is 1. The number of hydrogen-bond donors (Lipinski definition) is 1. The zero-order valence-corrected chi connectivity index (χ0v) is 10.0. The molecule has 1 aliphatic rings. The lowest BCUT2D eigenvalue weighted by Crippen LogP contribution is -2.20. The van der Waals surface area contributed by atoms with Gasteiger partial charge in [-0.05, 0) is 43.2 Å². The summed E-state index contributed by atoms with van der Waals surface area (Å²) in [4.78, 5) is 4.87. The molecule has 1 aromatic heterocycles. The van der Waals surface area contributed by atoms with Gasteiger partial charge in [0.25, 0.3) is 0 Å². The normalized spacial score (nSPS) is 19.7. The molecule has 0 bridgehead atoms. The van der Waals surface area contributed by atoms with E-state index in [1.807, 2.05) is 13.1 Å². The molecule has 1 atom stereocenters.